The summed E-state index contributed by atoms with van der Waals surface area (Å²) < 4.78 is 11.6. The van der Waals surface area contributed by atoms with Gasteiger partial charge in [0, 0.05) is 10.9 Å². The maximum atomic E-state index is 11.9. The van der Waals surface area contributed by atoms with Gasteiger partial charge in [-0.3, -0.25) is 0 Å². The molecule has 0 atom stereocenters. The van der Waals surface area contributed by atoms with Gasteiger partial charge in [-0.25, -0.2) is 14.8 Å². The van der Waals surface area contributed by atoms with Crippen LogP contribution in [0.25, 0.3) is 10.2 Å². The number of nitrogens with one attached hydrogen (secondary N) is 1. The normalized spacial score (nSPS) is 22.5. The molecule has 0 spiro atoms. The van der Waals surface area contributed by atoms with Gasteiger partial charge in [-0.15, -0.1) is 11.3 Å². The Kier molecular flexibility index (Phi) is 4.97. The predicted octanol–water partition coefficient (Wildman–Crippen LogP) is 4.39. The molecule has 2 heterocycles. The lowest BCUT2D eigenvalue weighted by Crippen LogP contribution is -2.42. The van der Waals surface area contributed by atoms with Crippen molar-refractivity contribution in [2.45, 2.75) is 83.5 Å². The van der Waals surface area contributed by atoms with Crippen LogP contribution in [0.15, 0.2) is 6.33 Å². The Balaban J connectivity index is 1.36. The molecule has 6 nitrogen and oxygen atoms in total. The second kappa shape index (κ2) is 7.26. The number of ether oxygens (including phenoxy) is 2. The molecule has 2 aliphatic carbocycles. The third kappa shape index (κ3) is 4.18. The van der Waals surface area contributed by atoms with Crippen LogP contribution in [0.5, 0.6) is 5.88 Å². The summed E-state index contributed by atoms with van der Waals surface area (Å²) in [6.45, 7) is 5.63. The van der Waals surface area contributed by atoms with Crippen molar-refractivity contribution < 1.29 is 14.3 Å². The molecule has 0 saturated heterocycles. The fourth-order valence-electron chi connectivity index (χ4n) is 3.95. The lowest BCUT2D eigenvalue weighted by atomic mass is 9.93. The number of fused-ring (bicyclic) bond motifs is 3. The summed E-state index contributed by atoms with van der Waals surface area (Å²) in [6, 6.07) is 0.149. The van der Waals surface area contributed by atoms with Crippen LogP contribution in [-0.4, -0.2) is 33.8 Å². The molecule has 0 aliphatic heterocycles. The van der Waals surface area contributed by atoms with Crippen LogP contribution in [-0.2, 0) is 17.6 Å². The molecule has 0 unspecified atom stereocenters. The second-order valence-corrected chi connectivity index (χ2v) is 9.54. The predicted molar refractivity (Wildman–Crippen MR) is 105 cm³/mol. The van der Waals surface area contributed by atoms with Gasteiger partial charge >= 0.3 is 6.09 Å². The second-order valence-electron chi connectivity index (χ2n) is 8.45. The number of carbonyl (C=O) groups is 1. The van der Waals surface area contributed by atoms with Crippen molar-refractivity contribution in [1.29, 1.82) is 0 Å². The summed E-state index contributed by atoms with van der Waals surface area (Å²) in [5, 5.41) is 4.11. The number of carbonyl (C=O) groups excluding carboxylic acids is 1. The van der Waals surface area contributed by atoms with E-state index in [-0.39, 0.29) is 18.2 Å². The molecule has 1 N–H and O–H groups in total. The van der Waals surface area contributed by atoms with Crippen LogP contribution >= 0.6 is 11.3 Å². The maximum absolute atomic E-state index is 11.9. The number of nitrogens with zero attached hydrogens (tertiary/aromatic N) is 2. The van der Waals surface area contributed by atoms with E-state index in [1.54, 1.807) is 17.7 Å². The molecule has 2 aliphatic rings. The van der Waals surface area contributed by atoms with Crippen LogP contribution in [0.1, 0.15) is 63.3 Å². The average Bonchev–Trinajstić information content (AvgIpc) is 3.16. The molecule has 2 aromatic rings. The maximum Gasteiger partial charge on any atom is 0.407 e. The number of amides is 1. The molecule has 0 aromatic carbocycles. The van der Waals surface area contributed by atoms with Gasteiger partial charge < -0.3 is 14.8 Å². The first-order valence-corrected chi connectivity index (χ1v) is 10.6. The monoisotopic (exact) mass is 389 g/mol. The smallest absolute Gasteiger partial charge is 0.407 e. The third-order valence-corrected chi connectivity index (χ3v) is 6.34. The van der Waals surface area contributed by atoms with E-state index >= 15 is 0 Å². The zero-order chi connectivity index (χ0) is 19.0. The minimum atomic E-state index is -0.469. The fraction of sp³-hybridized carbons (Fsp3) is 0.650. The molecule has 7 heteroatoms. The SMILES string of the molecule is CC(C)(C)OC(=O)N[C@H]1CC[C@H](Oc2ncnc3sc4c(c23)CCC4)CC1. The molecule has 1 amide bonds. The fourth-order valence-corrected chi connectivity index (χ4v) is 5.17. The van der Waals surface area contributed by atoms with Crippen molar-refractivity contribution in [3.63, 3.8) is 0 Å². The van der Waals surface area contributed by atoms with E-state index in [9.17, 15) is 4.79 Å². The van der Waals surface area contributed by atoms with Crippen LogP contribution in [0, 0.1) is 0 Å². The number of alkyl carbamates (subject to hydrolysis) is 1. The molecule has 1 saturated carbocycles. The standard InChI is InChI=1S/C20H27N3O3S/c1-20(2,3)26-19(24)23-12-7-9-13(10-8-12)25-17-16-14-5-4-6-15(14)27-18(16)22-11-21-17/h11-13H,4-10H2,1-3H3,(H,23,24)/t12-,13-. The Labute approximate surface area is 163 Å². The van der Waals surface area contributed by atoms with Gasteiger partial charge in [0.15, 0.2) is 0 Å². The van der Waals surface area contributed by atoms with E-state index in [1.807, 2.05) is 20.8 Å². The molecule has 4 rings (SSSR count). The van der Waals surface area contributed by atoms with E-state index in [1.165, 1.54) is 16.9 Å². The highest BCUT2D eigenvalue weighted by molar-refractivity contribution is 7.18. The van der Waals surface area contributed by atoms with Gasteiger partial charge in [0.1, 0.15) is 22.9 Å². The number of hydrogen-bond donors (Lipinski definition) is 1. The first-order chi connectivity index (χ1) is 12.9. The molecule has 0 bridgehead atoms. The molecule has 0 radical (unpaired) electrons. The summed E-state index contributed by atoms with van der Waals surface area (Å²) >= 11 is 1.78. The molecular weight excluding hydrogens is 362 g/mol. The summed E-state index contributed by atoms with van der Waals surface area (Å²) in [5.41, 5.74) is 0.926. The number of aromatic nitrogens is 2. The molecule has 1 fully saturated rings. The first kappa shape index (κ1) is 18.5. The Morgan fingerprint density at radius 2 is 1.96 bits per heavy atom. The molecule has 27 heavy (non-hydrogen) atoms. The van der Waals surface area contributed by atoms with Gasteiger partial charge in [-0.2, -0.15) is 0 Å². The summed E-state index contributed by atoms with van der Waals surface area (Å²) in [5.74, 6) is 0.739. The summed E-state index contributed by atoms with van der Waals surface area (Å²) in [6.07, 6.45) is 8.46. The van der Waals surface area contributed by atoms with Crippen LogP contribution in [0.2, 0.25) is 0 Å². The third-order valence-electron chi connectivity index (χ3n) is 5.14. The largest absolute Gasteiger partial charge is 0.474 e. The topological polar surface area (TPSA) is 73.3 Å². The van der Waals surface area contributed by atoms with Gasteiger partial charge in [0.05, 0.1) is 5.39 Å². The number of hydrogen-bond acceptors (Lipinski definition) is 6. The molecular formula is C20H27N3O3S. The summed E-state index contributed by atoms with van der Waals surface area (Å²) in [7, 11) is 0. The minimum absolute atomic E-state index is 0.136. The Morgan fingerprint density at radius 3 is 2.70 bits per heavy atom. The Hall–Kier alpha value is -1.89. The lowest BCUT2D eigenvalue weighted by molar-refractivity contribution is 0.0470. The van der Waals surface area contributed by atoms with E-state index in [4.69, 9.17) is 9.47 Å². The zero-order valence-electron chi connectivity index (χ0n) is 16.2. The van der Waals surface area contributed by atoms with E-state index in [0.717, 1.165) is 54.6 Å². The van der Waals surface area contributed by atoms with Crippen molar-refractivity contribution in [3.05, 3.63) is 16.8 Å². The average molecular weight is 390 g/mol. The highest BCUT2D eigenvalue weighted by Gasteiger charge is 2.28. The van der Waals surface area contributed by atoms with Gasteiger partial charge in [0.2, 0.25) is 5.88 Å². The number of aryl methyl sites for hydroxylation is 2. The Bertz CT molecular complexity index is 835. The van der Waals surface area contributed by atoms with Crippen molar-refractivity contribution in [3.8, 4) is 5.88 Å². The molecule has 2 aromatic heterocycles. The first-order valence-electron chi connectivity index (χ1n) is 9.80. The highest BCUT2D eigenvalue weighted by atomic mass is 32.1. The Morgan fingerprint density at radius 1 is 1.19 bits per heavy atom. The number of thiophene rings is 1. The van der Waals surface area contributed by atoms with Crippen LogP contribution < -0.4 is 10.1 Å². The van der Waals surface area contributed by atoms with Gasteiger partial charge in [-0.05, 0) is 71.3 Å². The number of rotatable bonds is 3. The van der Waals surface area contributed by atoms with Crippen molar-refractivity contribution in [2.75, 3.05) is 0 Å². The van der Waals surface area contributed by atoms with Gasteiger partial charge in [0.25, 0.3) is 0 Å². The van der Waals surface area contributed by atoms with Crippen molar-refractivity contribution in [1.82, 2.24) is 15.3 Å². The summed E-state index contributed by atoms with van der Waals surface area (Å²) in [4.78, 5) is 23.3. The minimum Gasteiger partial charge on any atom is -0.474 e. The van der Waals surface area contributed by atoms with E-state index in [0.29, 0.717) is 0 Å². The van der Waals surface area contributed by atoms with Crippen LogP contribution in [0.4, 0.5) is 4.79 Å². The van der Waals surface area contributed by atoms with Gasteiger partial charge in [-0.1, -0.05) is 0 Å². The van der Waals surface area contributed by atoms with E-state index < -0.39 is 5.60 Å². The van der Waals surface area contributed by atoms with E-state index in [2.05, 4.69) is 15.3 Å². The zero-order valence-corrected chi connectivity index (χ0v) is 17.0. The van der Waals surface area contributed by atoms with Crippen molar-refractivity contribution >= 4 is 27.6 Å². The van der Waals surface area contributed by atoms with Crippen LogP contribution in [0.3, 0.4) is 0 Å². The van der Waals surface area contributed by atoms with Crippen molar-refractivity contribution in [2.24, 2.45) is 0 Å². The highest BCUT2D eigenvalue weighted by Crippen LogP contribution is 2.40. The quantitative estimate of drug-likeness (QED) is 0.842. The lowest BCUT2D eigenvalue weighted by Gasteiger charge is -2.30. The molecule has 146 valence electrons.